The van der Waals surface area contributed by atoms with E-state index in [-0.39, 0.29) is 65.5 Å². The van der Waals surface area contributed by atoms with E-state index in [1.807, 2.05) is 17.9 Å². The minimum absolute atomic E-state index is 0.0192. The van der Waals surface area contributed by atoms with Gasteiger partial charge in [-0.25, -0.2) is 4.39 Å². The van der Waals surface area contributed by atoms with Gasteiger partial charge in [0.2, 0.25) is 23.6 Å². The molecule has 4 aliphatic heterocycles. The number of amides is 6. The number of hydrogen-bond acceptors (Lipinski definition) is 11. The van der Waals surface area contributed by atoms with Gasteiger partial charge in [0.15, 0.2) is 0 Å². The second kappa shape index (κ2) is 21.3. The van der Waals surface area contributed by atoms with Crippen LogP contribution >= 0.6 is 11.6 Å². The number of nitrogens with zero attached hydrogens (tertiary/aromatic N) is 4. The Bertz CT molecular complexity index is 2610. The van der Waals surface area contributed by atoms with E-state index in [9.17, 15) is 33.2 Å². The van der Waals surface area contributed by atoms with Gasteiger partial charge in [0.1, 0.15) is 23.7 Å². The fraction of sp³-hybridized carbons (Fsp3) is 0.481. The average molecular weight is 965 g/mol. The fourth-order valence-corrected chi connectivity index (χ4v) is 10.9. The Morgan fingerprint density at radius 2 is 1.59 bits per heavy atom. The maximum Gasteiger partial charge on any atom is 0.262 e. The summed E-state index contributed by atoms with van der Waals surface area (Å²) in [6.45, 7) is 7.01. The number of imide groups is 2. The first-order valence-electron chi connectivity index (χ1n) is 24.4. The summed E-state index contributed by atoms with van der Waals surface area (Å²) in [6.07, 6.45) is 8.46. The molecule has 4 aromatic rings. The fourth-order valence-electron chi connectivity index (χ4n) is 10.7. The Morgan fingerprint density at radius 1 is 0.841 bits per heavy atom. The van der Waals surface area contributed by atoms with Gasteiger partial charge in [-0.1, -0.05) is 18.5 Å². The maximum atomic E-state index is 14.1. The van der Waals surface area contributed by atoms with Crippen molar-refractivity contribution in [2.75, 3.05) is 63.1 Å². The molecule has 4 fully saturated rings. The first kappa shape index (κ1) is 48.1. The number of ether oxygens (including phenoxy) is 2. The molecule has 0 bridgehead atoms. The number of benzene rings is 3. The lowest BCUT2D eigenvalue weighted by molar-refractivity contribution is -0.139. The van der Waals surface area contributed by atoms with Crippen LogP contribution in [0.15, 0.2) is 66.9 Å². The summed E-state index contributed by atoms with van der Waals surface area (Å²) >= 11 is 6.59. The molecule has 3 aromatic carbocycles. The highest BCUT2D eigenvalue weighted by Crippen LogP contribution is 2.41. The van der Waals surface area contributed by atoms with Crippen LogP contribution in [0, 0.1) is 23.6 Å². The van der Waals surface area contributed by atoms with Gasteiger partial charge < -0.3 is 29.9 Å². The van der Waals surface area contributed by atoms with Gasteiger partial charge >= 0.3 is 0 Å². The van der Waals surface area contributed by atoms with Crippen molar-refractivity contribution in [2.24, 2.45) is 17.8 Å². The minimum Gasteiger partial charge on any atom is -0.489 e. The van der Waals surface area contributed by atoms with Gasteiger partial charge in [0, 0.05) is 86.3 Å². The largest absolute Gasteiger partial charge is 0.489 e. The molecule has 0 spiro atoms. The van der Waals surface area contributed by atoms with E-state index in [4.69, 9.17) is 21.1 Å². The van der Waals surface area contributed by atoms with Crippen molar-refractivity contribution >= 4 is 69.3 Å². The molecule has 5 heterocycles. The Labute approximate surface area is 405 Å². The van der Waals surface area contributed by atoms with E-state index in [1.54, 1.807) is 54.7 Å². The Morgan fingerprint density at radius 3 is 2.36 bits per heavy atom. The molecule has 69 heavy (non-hydrogen) atoms. The number of nitrogens with one attached hydrogen (secondary N) is 3. The topological polar surface area (TPSA) is 180 Å². The molecule has 2 atom stereocenters. The summed E-state index contributed by atoms with van der Waals surface area (Å²) in [6, 6.07) is 16.0. The summed E-state index contributed by atoms with van der Waals surface area (Å²) in [5.41, 5.74) is 3.66. The third-order valence-electron chi connectivity index (χ3n) is 14.8. The Kier molecular flexibility index (Phi) is 14.9. The van der Waals surface area contributed by atoms with Crippen LogP contribution in [0.5, 0.6) is 5.75 Å². The summed E-state index contributed by atoms with van der Waals surface area (Å²) in [4.78, 5) is 86.8. The molecule has 1 saturated carbocycles. The van der Waals surface area contributed by atoms with Crippen molar-refractivity contribution in [3.05, 3.63) is 94.4 Å². The van der Waals surface area contributed by atoms with E-state index in [0.29, 0.717) is 73.8 Å². The van der Waals surface area contributed by atoms with E-state index in [2.05, 4.69) is 25.8 Å². The van der Waals surface area contributed by atoms with Crippen molar-refractivity contribution in [2.45, 2.75) is 89.2 Å². The van der Waals surface area contributed by atoms with Gasteiger partial charge in [-0.3, -0.25) is 44.0 Å². The first-order valence-corrected chi connectivity index (χ1v) is 24.8. The summed E-state index contributed by atoms with van der Waals surface area (Å²) < 4.78 is 26.4. The van der Waals surface area contributed by atoms with Crippen molar-refractivity contribution in [1.82, 2.24) is 25.0 Å². The zero-order valence-electron chi connectivity index (χ0n) is 38.9. The predicted molar refractivity (Wildman–Crippen MR) is 257 cm³/mol. The van der Waals surface area contributed by atoms with Crippen molar-refractivity contribution in [3.63, 3.8) is 0 Å². The normalized spacial score (nSPS) is 22.1. The zero-order valence-corrected chi connectivity index (χ0v) is 39.6. The monoisotopic (exact) mass is 963 g/mol. The quantitative estimate of drug-likeness (QED) is 0.0812. The predicted octanol–water partition coefficient (Wildman–Crippen LogP) is 7.19. The van der Waals surface area contributed by atoms with Crippen LogP contribution in [0.1, 0.15) is 103 Å². The highest BCUT2D eigenvalue weighted by molar-refractivity contribution is 6.32. The van der Waals surface area contributed by atoms with Gasteiger partial charge in [0.05, 0.1) is 34.9 Å². The van der Waals surface area contributed by atoms with Crippen LogP contribution in [0.3, 0.4) is 0 Å². The van der Waals surface area contributed by atoms with Gasteiger partial charge in [-0.15, -0.1) is 0 Å². The second-order valence-electron chi connectivity index (χ2n) is 19.1. The van der Waals surface area contributed by atoms with Gasteiger partial charge in [-0.05, 0) is 130 Å². The van der Waals surface area contributed by atoms with Gasteiger partial charge in [0.25, 0.3) is 11.8 Å². The number of likely N-dealkylation sites (tertiary alicyclic amines) is 2. The molecular formula is C52H59ClFN7O8. The van der Waals surface area contributed by atoms with Crippen LogP contribution in [-0.2, 0) is 23.9 Å². The number of halogens is 2. The maximum absolute atomic E-state index is 14.1. The van der Waals surface area contributed by atoms with Gasteiger partial charge in [-0.2, -0.15) is 0 Å². The van der Waals surface area contributed by atoms with Crippen LogP contribution < -0.4 is 20.7 Å². The molecule has 5 aliphatic rings. The smallest absolute Gasteiger partial charge is 0.262 e. The Balaban J connectivity index is 0.651. The molecule has 364 valence electrons. The Hall–Kier alpha value is -5.97. The molecule has 1 aromatic heterocycles. The molecular weight excluding hydrogens is 905 g/mol. The van der Waals surface area contributed by atoms with Crippen molar-refractivity contribution in [3.8, 4) is 5.75 Å². The number of anilines is 2. The number of rotatable bonds is 15. The molecule has 17 heteroatoms. The minimum atomic E-state index is -1.01. The van der Waals surface area contributed by atoms with Crippen LogP contribution in [-0.4, -0.2) is 120 Å². The van der Waals surface area contributed by atoms with Crippen LogP contribution in [0.2, 0.25) is 5.02 Å². The van der Waals surface area contributed by atoms with E-state index < -0.39 is 29.7 Å². The molecule has 3 saturated heterocycles. The number of carbonyl (C=O) groups is 6. The first-order chi connectivity index (χ1) is 33.4. The van der Waals surface area contributed by atoms with E-state index in [1.165, 1.54) is 6.07 Å². The number of carbonyl (C=O) groups excluding carboxylic acids is 6. The molecule has 0 radical (unpaired) electrons. The molecule has 3 N–H and O–H groups in total. The SMILES string of the molecule is C[C@@H](C(=O)Nc1ccc(Cl)c(OC2CCN(C(=O)C3CCN(CCOCCNc4ccc5c(c4)C(=O)N(C4CCC(=O)NC4=O)C5=O)CC3)CC2)c1)C1CCC(c2ccnc3ccc(F)cc23)CC1. The number of piperidine rings is 3. The summed E-state index contributed by atoms with van der Waals surface area (Å²) in [5.74, 6) is -1.42. The lowest BCUT2D eigenvalue weighted by Gasteiger charge is -2.37. The molecule has 6 amide bonds. The van der Waals surface area contributed by atoms with Crippen LogP contribution in [0.25, 0.3) is 10.9 Å². The summed E-state index contributed by atoms with van der Waals surface area (Å²) in [7, 11) is 0. The highest BCUT2D eigenvalue weighted by Gasteiger charge is 2.45. The average Bonchev–Trinajstić information content (AvgIpc) is 3.60. The molecule has 1 unspecified atom stereocenters. The van der Waals surface area contributed by atoms with Crippen molar-refractivity contribution < 1.29 is 42.6 Å². The lowest BCUT2D eigenvalue weighted by atomic mass is 9.73. The van der Waals surface area contributed by atoms with Crippen molar-refractivity contribution in [1.29, 1.82) is 0 Å². The lowest BCUT2D eigenvalue weighted by Crippen LogP contribution is -2.54. The molecule has 9 rings (SSSR count). The molecule has 1 aliphatic carbocycles. The third kappa shape index (κ3) is 10.9. The highest BCUT2D eigenvalue weighted by atomic mass is 35.5. The number of aromatic nitrogens is 1. The third-order valence-corrected chi connectivity index (χ3v) is 15.1. The van der Waals surface area contributed by atoms with Crippen LogP contribution in [0.4, 0.5) is 15.8 Å². The van der Waals surface area contributed by atoms with E-state index >= 15 is 0 Å². The summed E-state index contributed by atoms with van der Waals surface area (Å²) in [5, 5.41) is 9.87. The number of hydrogen-bond donors (Lipinski definition) is 3. The second-order valence-corrected chi connectivity index (χ2v) is 19.5. The standard InChI is InChI=1S/C52H59ClFN7O8/c1-31(32-2-4-33(5-3-32)39-14-19-56-44-11-6-35(54)28-41(39)44)48(63)57-37-8-10-43(53)46(30-37)69-38-17-23-60(24-18-38)50(65)34-15-21-59(22-16-34)25-27-68-26-20-55-36-7-9-40-42(29-36)52(67)61(51(40)66)45-12-13-47(62)58-49(45)64/h6-11,14,19,28-34,38,45,55H,2-5,12-13,15-18,20-27H2,1H3,(H,57,63)(H,58,62,64)/t31-,32?,33?,45?/m1/s1. The number of fused-ring (bicyclic) bond motifs is 2. The molecule has 15 nitrogen and oxygen atoms in total. The number of pyridine rings is 1. The van der Waals surface area contributed by atoms with E-state index in [0.717, 1.165) is 79.5 Å². The zero-order chi connectivity index (χ0) is 48.2.